The van der Waals surface area contributed by atoms with Gasteiger partial charge in [0.2, 0.25) is 0 Å². The fourth-order valence-electron chi connectivity index (χ4n) is 1.71. The molecular formula is C15H14N4O2. The molecule has 2 amide bonds. The number of nitrogen functional groups attached to an aromatic ring is 1. The number of nitrogens with two attached hydrogens (primary N) is 1. The van der Waals surface area contributed by atoms with Gasteiger partial charge in [0.15, 0.2) is 0 Å². The first-order chi connectivity index (χ1) is 10.1. The molecule has 0 aliphatic rings. The van der Waals surface area contributed by atoms with Gasteiger partial charge in [-0.25, -0.2) is 4.79 Å². The standard InChI is InChI=1S/C15H14N4O2/c1-21-12-5-3-11(4-6-12)18-15(20)19-14-7-2-10(9-16)8-13(14)17/h2-8H,17H2,1H3,(H2,18,19,20). The summed E-state index contributed by atoms with van der Waals surface area (Å²) in [5, 5.41) is 14.1. The molecular weight excluding hydrogens is 268 g/mol. The quantitative estimate of drug-likeness (QED) is 0.753. The normalized spacial score (nSPS) is 9.52. The lowest BCUT2D eigenvalue weighted by Gasteiger charge is -2.10. The Morgan fingerprint density at radius 1 is 1.19 bits per heavy atom. The highest BCUT2D eigenvalue weighted by atomic mass is 16.5. The minimum absolute atomic E-state index is 0.332. The van der Waals surface area contributed by atoms with Crippen molar-refractivity contribution in [3.05, 3.63) is 48.0 Å². The van der Waals surface area contributed by atoms with E-state index in [0.717, 1.165) is 0 Å². The van der Waals surface area contributed by atoms with Crippen molar-refractivity contribution in [3.63, 3.8) is 0 Å². The van der Waals surface area contributed by atoms with Gasteiger partial charge in [0.05, 0.1) is 30.1 Å². The number of nitrogens with one attached hydrogen (secondary N) is 2. The van der Waals surface area contributed by atoms with Gasteiger partial charge in [-0.2, -0.15) is 5.26 Å². The third-order valence-corrected chi connectivity index (χ3v) is 2.78. The van der Waals surface area contributed by atoms with Gasteiger partial charge in [0.1, 0.15) is 5.75 Å². The number of hydrogen-bond acceptors (Lipinski definition) is 4. The second-order valence-electron chi connectivity index (χ2n) is 4.22. The summed E-state index contributed by atoms with van der Waals surface area (Å²) in [6.07, 6.45) is 0. The third-order valence-electron chi connectivity index (χ3n) is 2.78. The average molecular weight is 282 g/mol. The highest BCUT2D eigenvalue weighted by Crippen LogP contribution is 2.20. The molecule has 2 aromatic carbocycles. The van der Waals surface area contributed by atoms with Gasteiger partial charge in [-0.05, 0) is 42.5 Å². The number of nitrogens with zero attached hydrogens (tertiary/aromatic N) is 1. The van der Waals surface area contributed by atoms with E-state index in [-0.39, 0.29) is 0 Å². The Labute approximate surface area is 122 Å². The van der Waals surface area contributed by atoms with Crippen LogP contribution < -0.4 is 21.1 Å². The van der Waals surface area contributed by atoms with E-state index in [2.05, 4.69) is 10.6 Å². The Hall–Kier alpha value is -3.20. The Bertz CT molecular complexity index is 690. The molecule has 4 N–H and O–H groups in total. The van der Waals surface area contributed by atoms with Gasteiger partial charge in [0, 0.05) is 5.69 Å². The van der Waals surface area contributed by atoms with Crippen LogP contribution in [0.3, 0.4) is 0 Å². The number of urea groups is 1. The molecule has 0 radical (unpaired) electrons. The summed E-state index contributed by atoms with van der Waals surface area (Å²) >= 11 is 0. The van der Waals surface area contributed by atoms with Crippen LogP contribution >= 0.6 is 0 Å². The Morgan fingerprint density at radius 3 is 2.48 bits per heavy atom. The molecule has 0 spiro atoms. The number of benzene rings is 2. The maximum absolute atomic E-state index is 11.9. The first-order valence-corrected chi connectivity index (χ1v) is 6.14. The van der Waals surface area contributed by atoms with E-state index in [9.17, 15) is 4.79 Å². The molecule has 106 valence electrons. The summed E-state index contributed by atoms with van der Waals surface area (Å²) in [5.41, 5.74) is 7.61. The van der Waals surface area contributed by atoms with Gasteiger partial charge in [-0.3, -0.25) is 0 Å². The van der Waals surface area contributed by atoms with Crippen LogP contribution in [0, 0.1) is 11.3 Å². The zero-order chi connectivity index (χ0) is 15.2. The van der Waals surface area contributed by atoms with Crippen molar-refractivity contribution in [1.29, 1.82) is 5.26 Å². The molecule has 0 fully saturated rings. The van der Waals surface area contributed by atoms with Gasteiger partial charge in [-0.15, -0.1) is 0 Å². The SMILES string of the molecule is COc1ccc(NC(=O)Nc2ccc(C#N)cc2N)cc1. The van der Waals surface area contributed by atoms with Crippen LogP contribution in [0.25, 0.3) is 0 Å². The predicted octanol–water partition coefficient (Wildman–Crippen LogP) is 2.79. The van der Waals surface area contributed by atoms with E-state index in [4.69, 9.17) is 15.7 Å². The number of nitriles is 1. The maximum atomic E-state index is 11.9. The van der Waals surface area contributed by atoms with Crippen LogP contribution in [0.15, 0.2) is 42.5 Å². The van der Waals surface area contributed by atoms with Crippen LogP contribution in [0.5, 0.6) is 5.75 Å². The van der Waals surface area contributed by atoms with Gasteiger partial charge in [0.25, 0.3) is 0 Å². The molecule has 6 heteroatoms. The molecule has 0 bridgehead atoms. The lowest BCUT2D eigenvalue weighted by Crippen LogP contribution is -2.20. The second kappa shape index (κ2) is 6.30. The fourth-order valence-corrected chi connectivity index (χ4v) is 1.71. The fraction of sp³-hybridized carbons (Fsp3) is 0.0667. The van der Waals surface area contributed by atoms with Crippen molar-refractivity contribution >= 4 is 23.1 Å². The number of amides is 2. The molecule has 0 saturated carbocycles. The lowest BCUT2D eigenvalue weighted by molar-refractivity contribution is 0.262. The molecule has 2 rings (SSSR count). The molecule has 0 saturated heterocycles. The molecule has 0 unspecified atom stereocenters. The van der Waals surface area contributed by atoms with Crippen molar-refractivity contribution < 1.29 is 9.53 Å². The number of ether oxygens (including phenoxy) is 1. The Kier molecular flexibility index (Phi) is 4.26. The Morgan fingerprint density at radius 2 is 1.90 bits per heavy atom. The van der Waals surface area contributed by atoms with E-state index in [1.807, 2.05) is 6.07 Å². The van der Waals surface area contributed by atoms with Crippen LogP contribution in [-0.2, 0) is 0 Å². The molecule has 0 atom stereocenters. The van der Waals surface area contributed by atoms with Gasteiger partial charge < -0.3 is 21.1 Å². The highest BCUT2D eigenvalue weighted by molar-refractivity contribution is 6.01. The van der Waals surface area contributed by atoms with E-state index in [1.54, 1.807) is 43.5 Å². The third kappa shape index (κ3) is 3.64. The number of methoxy groups -OCH3 is 1. The number of hydrogen-bond donors (Lipinski definition) is 3. The van der Waals surface area contributed by atoms with E-state index in [1.165, 1.54) is 6.07 Å². The minimum Gasteiger partial charge on any atom is -0.497 e. The van der Waals surface area contributed by atoms with E-state index < -0.39 is 6.03 Å². The number of carbonyl (C=O) groups is 1. The summed E-state index contributed by atoms with van der Waals surface area (Å²) in [6, 6.07) is 13.2. The zero-order valence-corrected chi connectivity index (χ0v) is 11.4. The van der Waals surface area contributed by atoms with Crippen LogP contribution in [-0.4, -0.2) is 13.1 Å². The molecule has 0 aliphatic carbocycles. The summed E-state index contributed by atoms with van der Waals surface area (Å²) in [5.74, 6) is 0.706. The number of carbonyl (C=O) groups excluding carboxylic acids is 1. The summed E-state index contributed by atoms with van der Waals surface area (Å²) in [6.45, 7) is 0. The molecule has 2 aromatic rings. The van der Waals surface area contributed by atoms with Crippen molar-refractivity contribution in [2.75, 3.05) is 23.5 Å². The topological polar surface area (TPSA) is 100 Å². The highest BCUT2D eigenvalue weighted by Gasteiger charge is 2.06. The van der Waals surface area contributed by atoms with Crippen molar-refractivity contribution in [2.24, 2.45) is 0 Å². The first-order valence-electron chi connectivity index (χ1n) is 6.14. The predicted molar refractivity (Wildman–Crippen MR) is 81.2 cm³/mol. The molecule has 0 aromatic heterocycles. The molecule has 21 heavy (non-hydrogen) atoms. The zero-order valence-electron chi connectivity index (χ0n) is 11.4. The largest absolute Gasteiger partial charge is 0.497 e. The average Bonchev–Trinajstić information content (AvgIpc) is 2.50. The smallest absolute Gasteiger partial charge is 0.323 e. The van der Waals surface area contributed by atoms with E-state index >= 15 is 0 Å². The van der Waals surface area contributed by atoms with Gasteiger partial charge >= 0.3 is 6.03 Å². The van der Waals surface area contributed by atoms with Crippen molar-refractivity contribution in [1.82, 2.24) is 0 Å². The minimum atomic E-state index is -0.420. The molecule has 0 aliphatic heterocycles. The van der Waals surface area contributed by atoms with Crippen molar-refractivity contribution in [2.45, 2.75) is 0 Å². The van der Waals surface area contributed by atoms with Crippen molar-refractivity contribution in [3.8, 4) is 11.8 Å². The number of rotatable bonds is 3. The maximum Gasteiger partial charge on any atom is 0.323 e. The lowest BCUT2D eigenvalue weighted by atomic mass is 10.2. The first kappa shape index (κ1) is 14.2. The number of anilines is 3. The van der Waals surface area contributed by atoms with E-state index in [0.29, 0.717) is 28.4 Å². The summed E-state index contributed by atoms with van der Waals surface area (Å²) in [4.78, 5) is 11.9. The van der Waals surface area contributed by atoms with Crippen LogP contribution in [0.4, 0.5) is 21.9 Å². The summed E-state index contributed by atoms with van der Waals surface area (Å²) < 4.78 is 5.04. The monoisotopic (exact) mass is 282 g/mol. The summed E-state index contributed by atoms with van der Waals surface area (Å²) in [7, 11) is 1.57. The second-order valence-corrected chi connectivity index (χ2v) is 4.22. The van der Waals surface area contributed by atoms with Gasteiger partial charge in [-0.1, -0.05) is 0 Å². The van der Waals surface area contributed by atoms with Crippen LogP contribution in [0.1, 0.15) is 5.56 Å². The molecule has 0 heterocycles. The van der Waals surface area contributed by atoms with Crippen LogP contribution in [0.2, 0.25) is 0 Å². The molecule has 6 nitrogen and oxygen atoms in total. The Balaban J connectivity index is 2.02.